The van der Waals surface area contributed by atoms with Crippen LogP contribution in [0.15, 0.2) is 36.4 Å². The second-order valence-corrected chi connectivity index (χ2v) is 6.11. The van der Waals surface area contributed by atoms with Crippen LogP contribution >= 0.6 is 0 Å². The normalized spacial score (nSPS) is 17.9. The lowest BCUT2D eigenvalue weighted by atomic mass is 9.96. The highest BCUT2D eigenvalue weighted by Crippen LogP contribution is 2.34. The molecule has 1 saturated heterocycles. The molecule has 2 aromatic carbocycles. The first-order chi connectivity index (χ1) is 10.0. The number of fused-ring (bicyclic) bond motifs is 1. The maximum atomic E-state index is 7.75. The summed E-state index contributed by atoms with van der Waals surface area (Å²) in [6.45, 7) is 6.72. The van der Waals surface area contributed by atoms with Crippen LogP contribution in [0.3, 0.4) is 0 Å². The highest BCUT2D eigenvalue weighted by atomic mass is 16.5. The van der Waals surface area contributed by atoms with Crippen LogP contribution in [0.2, 0.25) is 0 Å². The van der Waals surface area contributed by atoms with Crippen LogP contribution in [0.5, 0.6) is 0 Å². The molecule has 0 unspecified atom stereocenters. The molecule has 21 heavy (non-hydrogen) atoms. The average molecular weight is 283 g/mol. The summed E-state index contributed by atoms with van der Waals surface area (Å²) in [5.74, 6) is 0.110. The Kier molecular flexibility index (Phi) is 3.33. The molecule has 0 radical (unpaired) electrons. The van der Waals surface area contributed by atoms with Crippen molar-refractivity contribution in [3.8, 4) is 0 Å². The second-order valence-electron chi connectivity index (χ2n) is 6.11. The number of hydrogen-bond donors (Lipinski definition) is 2. The molecule has 0 bridgehead atoms. The number of anilines is 1. The molecule has 0 atom stereocenters. The van der Waals surface area contributed by atoms with E-state index in [0.29, 0.717) is 0 Å². The van der Waals surface area contributed by atoms with Crippen molar-refractivity contribution in [1.29, 1.82) is 5.41 Å². The molecule has 1 aliphatic rings. The van der Waals surface area contributed by atoms with Gasteiger partial charge >= 0.3 is 0 Å². The van der Waals surface area contributed by atoms with Gasteiger partial charge in [-0.25, -0.2) is 0 Å². The maximum absolute atomic E-state index is 7.75. The van der Waals surface area contributed by atoms with E-state index < -0.39 is 0 Å². The lowest BCUT2D eigenvalue weighted by Crippen LogP contribution is -2.53. The smallest absolute Gasteiger partial charge is 0.123 e. The Labute approximate surface area is 125 Å². The molecule has 110 valence electrons. The lowest BCUT2D eigenvalue weighted by Gasteiger charge is -2.44. The summed E-state index contributed by atoms with van der Waals surface area (Å²) in [4.78, 5) is 2.39. The predicted molar refractivity (Wildman–Crippen MR) is 87.2 cm³/mol. The van der Waals surface area contributed by atoms with E-state index in [9.17, 15) is 0 Å². The quantitative estimate of drug-likeness (QED) is 0.658. The van der Waals surface area contributed by atoms with E-state index in [1.165, 1.54) is 5.69 Å². The Morgan fingerprint density at radius 2 is 1.90 bits per heavy atom. The summed E-state index contributed by atoms with van der Waals surface area (Å²) in [6.07, 6.45) is 0. The molecule has 1 fully saturated rings. The summed E-state index contributed by atoms with van der Waals surface area (Å²) >= 11 is 0. The summed E-state index contributed by atoms with van der Waals surface area (Å²) in [6, 6.07) is 12.2. The summed E-state index contributed by atoms with van der Waals surface area (Å²) < 4.78 is 5.61. The topological polar surface area (TPSA) is 62.3 Å². The van der Waals surface area contributed by atoms with Gasteiger partial charge in [0.05, 0.1) is 18.8 Å². The first-order valence-corrected chi connectivity index (χ1v) is 7.22. The standard InChI is InChI=1S/C17H21N3O/c1-17(2)11-21-10-9-20(17)15-8-7-14(16(18)19)12-5-3-4-6-13(12)15/h3-8H,9-11H2,1-2H3,(H3,18,19). The zero-order valence-corrected chi connectivity index (χ0v) is 12.5. The SMILES string of the molecule is CC1(C)COCCN1c1ccc(C(=N)N)c2ccccc12. The number of morpholine rings is 1. The van der Waals surface area contributed by atoms with Crippen LogP contribution in [0.4, 0.5) is 5.69 Å². The fraction of sp³-hybridized carbons (Fsp3) is 0.353. The van der Waals surface area contributed by atoms with E-state index in [1.807, 2.05) is 24.3 Å². The molecule has 4 heteroatoms. The highest BCUT2D eigenvalue weighted by molar-refractivity contribution is 6.10. The molecule has 0 amide bonds. The molecule has 4 nitrogen and oxygen atoms in total. The number of benzene rings is 2. The number of nitrogen functional groups attached to an aromatic ring is 1. The van der Waals surface area contributed by atoms with Gasteiger partial charge in [0.2, 0.25) is 0 Å². The van der Waals surface area contributed by atoms with Gasteiger partial charge in [0.25, 0.3) is 0 Å². The van der Waals surface area contributed by atoms with Crippen molar-refractivity contribution in [2.45, 2.75) is 19.4 Å². The Morgan fingerprint density at radius 3 is 2.57 bits per heavy atom. The van der Waals surface area contributed by atoms with Gasteiger partial charge in [-0.15, -0.1) is 0 Å². The van der Waals surface area contributed by atoms with Crippen molar-refractivity contribution in [3.05, 3.63) is 42.0 Å². The van der Waals surface area contributed by atoms with Crippen LogP contribution in [-0.2, 0) is 4.74 Å². The number of ether oxygens (including phenoxy) is 1. The van der Waals surface area contributed by atoms with E-state index in [4.69, 9.17) is 15.9 Å². The minimum atomic E-state index is -0.0429. The molecular formula is C17H21N3O. The molecule has 2 aromatic rings. The van der Waals surface area contributed by atoms with Crippen molar-refractivity contribution in [3.63, 3.8) is 0 Å². The van der Waals surface area contributed by atoms with Gasteiger partial charge < -0.3 is 15.4 Å². The Bertz CT molecular complexity index is 693. The van der Waals surface area contributed by atoms with E-state index in [0.717, 1.165) is 36.1 Å². The summed E-state index contributed by atoms with van der Waals surface area (Å²) in [7, 11) is 0. The lowest BCUT2D eigenvalue weighted by molar-refractivity contribution is 0.0646. The number of nitrogens with two attached hydrogens (primary N) is 1. The van der Waals surface area contributed by atoms with Gasteiger partial charge in [0.1, 0.15) is 5.84 Å². The molecular weight excluding hydrogens is 262 g/mol. The van der Waals surface area contributed by atoms with Crippen molar-refractivity contribution in [2.24, 2.45) is 5.73 Å². The summed E-state index contributed by atoms with van der Waals surface area (Å²) in [5, 5.41) is 9.93. The van der Waals surface area contributed by atoms with Crippen molar-refractivity contribution in [2.75, 3.05) is 24.7 Å². The summed E-state index contributed by atoms with van der Waals surface area (Å²) in [5.41, 5.74) is 7.64. The van der Waals surface area contributed by atoms with E-state index in [2.05, 4.69) is 30.9 Å². The van der Waals surface area contributed by atoms with Crippen molar-refractivity contribution < 1.29 is 4.74 Å². The first kappa shape index (κ1) is 13.9. The van der Waals surface area contributed by atoms with Crippen LogP contribution in [-0.4, -0.2) is 31.1 Å². The molecule has 0 spiro atoms. The fourth-order valence-electron chi connectivity index (χ4n) is 3.06. The monoisotopic (exact) mass is 283 g/mol. The predicted octanol–water partition coefficient (Wildman–Crippen LogP) is 2.74. The van der Waals surface area contributed by atoms with Gasteiger partial charge in [-0.2, -0.15) is 0 Å². The Balaban J connectivity index is 2.20. The number of nitrogens with one attached hydrogen (secondary N) is 1. The minimum absolute atomic E-state index is 0.0429. The zero-order valence-electron chi connectivity index (χ0n) is 12.5. The largest absolute Gasteiger partial charge is 0.384 e. The van der Waals surface area contributed by atoms with E-state index >= 15 is 0 Å². The van der Waals surface area contributed by atoms with Gasteiger partial charge in [-0.1, -0.05) is 24.3 Å². The number of nitrogens with zero attached hydrogens (tertiary/aromatic N) is 1. The molecule has 1 aliphatic heterocycles. The van der Waals surface area contributed by atoms with Crippen LogP contribution in [0.25, 0.3) is 10.8 Å². The molecule has 3 N–H and O–H groups in total. The third-order valence-electron chi connectivity index (χ3n) is 4.13. The third kappa shape index (κ3) is 2.36. The molecule has 3 rings (SSSR count). The zero-order chi connectivity index (χ0) is 15.0. The van der Waals surface area contributed by atoms with E-state index in [1.54, 1.807) is 0 Å². The molecule has 0 aromatic heterocycles. The Hall–Kier alpha value is -2.07. The van der Waals surface area contributed by atoms with Gasteiger partial charge in [0, 0.05) is 23.2 Å². The van der Waals surface area contributed by atoms with Crippen LogP contribution < -0.4 is 10.6 Å². The van der Waals surface area contributed by atoms with E-state index in [-0.39, 0.29) is 11.4 Å². The van der Waals surface area contributed by atoms with Crippen LogP contribution in [0.1, 0.15) is 19.4 Å². The second kappa shape index (κ2) is 5.04. The minimum Gasteiger partial charge on any atom is -0.384 e. The molecule has 0 saturated carbocycles. The third-order valence-corrected chi connectivity index (χ3v) is 4.13. The molecule has 1 heterocycles. The van der Waals surface area contributed by atoms with Gasteiger partial charge in [-0.3, -0.25) is 5.41 Å². The van der Waals surface area contributed by atoms with Gasteiger partial charge in [0.15, 0.2) is 0 Å². The van der Waals surface area contributed by atoms with Crippen molar-refractivity contribution in [1.82, 2.24) is 0 Å². The van der Waals surface area contributed by atoms with Crippen molar-refractivity contribution >= 4 is 22.3 Å². The van der Waals surface area contributed by atoms with Crippen LogP contribution in [0, 0.1) is 5.41 Å². The number of hydrogen-bond acceptors (Lipinski definition) is 3. The average Bonchev–Trinajstić information content (AvgIpc) is 2.46. The Morgan fingerprint density at radius 1 is 1.19 bits per heavy atom. The highest BCUT2D eigenvalue weighted by Gasteiger charge is 2.31. The maximum Gasteiger partial charge on any atom is 0.123 e. The first-order valence-electron chi connectivity index (χ1n) is 7.22. The molecule has 0 aliphatic carbocycles. The van der Waals surface area contributed by atoms with Gasteiger partial charge in [-0.05, 0) is 31.4 Å². The fourth-order valence-corrected chi connectivity index (χ4v) is 3.06. The number of amidine groups is 1. The number of rotatable bonds is 2.